The molecular weight excluding hydrogens is 478 g/mol. The molecule has 0 aliphatic carbocycles. The third kappa shape index (κ3) is 7.67. The third-order valence-corrected chi connectivity index (χ3v) is 6.25. The van der Waals surface area contributed by atoms with E-state index in [1.54, 1.807) is 0 Å². The number of fused-ring (bicyclic) bond motifs is 1. The van der Waals surface area contributed by atoms with Gasteiger partial charge in [-0.2, -0.15) is 24.4 Å². The summed E-state index contributed by atoms with van der Waals surface area (Å²) in [4.78, 5) is 52.1. The minimum atomic E-state index is -1.20. The smallest absolute Gasteiger partial charge is 0.325 e. The fourth-order valence-corrected chi connectivity index (χ4v) is 3.98. The standard InChI is InChI=1S/C22H31N5O5S2/c1-12(22(31)32)25-21(30)18(11-33)27-20(29)17(7-8-34-2)26-19(28)15(23)9-13-10-24-16-6-4-3-5-14(13)16/h3-6,10,12,15,17-18,24,33H,7-9,11,23H2,1-2H3,(H,25,30)(H,26,28)(H,27,29)(H,31,32). The first kappa shape index (κ1) is 27.5. The Bertz CT molecular complexity index is 1010. The molecule has 1 aromatic heterocycles. The number of carbonyl (C=O) groups is 4. The summed E-state index contributed by atoms with van der Waals surface area (Å²) in [5, 5.41) is 17.5. The summed E-state index contributed by atoms with van der Waals surface area (Å²) in [6.07, 6.45) is 4.28. The van der Waals surface area contributed by atoms with Crippen LogP contribution >= 0.6 is 24.4 Å². The fraction of sp³-hybridized carbons (Fsp3) is 0.455. The van der Waals surface area contributed by atoms with Crippen molar-refractivity contribution in [3.8, 4) is 0 Å². The number of aromatic amines is 1. The predicted octanol–water partition coefficient (Wildman–Crippen LogP) is 0.280. The Hall–Kier alpha value is -2.70. The van der Waals surface area contributed by atoms with Gasteiger partial charge in [-0.3, -0.25) is 19.2 Å². The molecule has 186 valence electrons. The summed E-state index contributed by atoms with van der Waals surface area (Å²) >= 11 is 5.59. The Morgan fingerprint density at radius 1 is 1.09 bits per heavy atom. The zero-order valence-corrected chi connectivity index (χ0v) is 20.7. The van der Waals surface area contributed by atoms with Crippen LogP contribution in [0.15, 0.2) is 30.5 Å². The van der Waals surface area contributed by atoms with Crippen molar-refractivity contribution in [2.24, 2.45) is 5.73 Å². The van der Waals surface area contributed by atoms with E-state index >= 15 is 0 Å². The lowest BCUT2D eigenvalue weighted by atomic mass is 10.0. The quantitative estimate of drug-likeness (QED) is 0.190. The van der Waals surface area contributed by atoms with E-state index in [4.69, 9.17) is 10.8 Å². The van der Waals surface area contributed by atoms with Gasteiger partial charge < -0.3 is 31.8 Å². The van der Waals surface area contributed by atoms with Crippen LogP contribution in [-0.4, -0.2) is 75.7 Å². The van der Waals surface area contributed by atoms with Gasteiger partial charge in [-0.15, -0.1) is 0 Å². The van der Waals surface area contributed by atoms with E-state index in [0.717, 1.165) is 16.5 Å². The van der Waals surface area contributed by atoms with Gasteiger partial charge >= 0.3 is 5.97 Å². The molecular formula is C22H31N5O5S2. The van der Waals surface area contributed by atoms with Crippen molar-refractivity contribution in [3.05, 3.63) is 36.0 Å². The second kappa shape index (κ2) is 13.3. The van der Waals surface area contributed by atoms with Gasteiger partial charge in [0.25, 0.3) is 0 Å². The molecule has 0 aliphatic rings. The van der Waals surface area contributed by atoms with Crippen LogP contribution in [0.5, 0.6) is 0 Å². The number of benzene rings is 1. The SMILES string of the molecule is CSCCC(NC(=O)C(N)Cc1c[nH]c2ccccc12)C(=O)NC(CS)C(=O)NC(C)C(=O)O. The van der Waals surface area contributed by atoms with E-state index in [-0.39, 0.29) is 12.2 Å². The Kier molecular flexibility index (Phi) is 10.7. The molecule has 0 saturated heterocycles. The number of rotatable bonds is 13. The number of carboxylic acids is 1. The molecule has 0 bridgehead atoms. The van der Waals surface area contributed by atoms with E-state index in [0.29, 0.717) is 12.2 Å². The van der Waals surface area contributed by atoms with Crippen LogP contribution in [0.1, 0.15) is 18.9 Å². The molecule has 4 atom stereocenters. The molecule has 2 aromatic rings. The largest absolute Gasteiger partial charge is 0.480 e. The molecule has 0 radical (unpaired) electrons. The summed E-state index contributed by atoms with van der Waals surface area (Å²) in [5.41, 5.74) is 7.97. The number of carbonyl (C=O) groups excluding carboxylic acids is 3. The average molecular weight is 510 g/mol. The number of thiol groups is 1. The molecule has 34 heavy (non-hydrogen) atoms. The van der Waals surface area contributed by atoms with Crippen molar-refractivity contribution < 1.29 is 24.3 Å². The second-order valence-electron chi connectivity index (χ2n) is 7.83. The van der Waals surface area contributed by atoms with Crippen molar-refractivity contribution in [2.75, 3.05) is 17.8 Å². The Labute approximate surface area is 207 Å². The normalized spacial score (nSPS) is 14.6. The first-order chi connectivity index (χ1) is 16.2. The molecule has 10 nitrogen and oxygen atoms in total. The number of aromatic nitrogens is 1. The number of aliphatic carboxylic acids is 1. The zero-order valence-electron chi connectivity index (χ0n) is 19.0. The summed E-state index contributed by atoms with van der Waals surface area (Å²) in [6.45, 7) is 1.31. The summed E-state index contributed by atoms with van der Waals surface area (Å²) in [6, 6.07) is 3.69. The number of thioether (sulfide) groups is 1. The van der Waals surface area contributed by atoms with Crippen LogP contribution < -0.4 is 21.7 Å². The van der Waals surface area contributed by atoms with E-state index < -0.39 is 47.9 Å². The molecule has 7 N–H and O–H groups in total. The van der Waals surface area contributed by atoms with Gasteiger partial charge in [0.15, 0.2) is 0 Å². The molecule has 0 aliphatic heterocycles. The van der Waals surface area contributed by atoms with Crippen molar-refractivity contribution in [1.29, 1.82) is 0 Å². The molecule has 3 amide bonds. The Morgan fingerprint density at radius 2 is 1.74 bits per heavy atom. The van der Waals surface area contributed by atoms with E-state index in [1.165, 1.54) is 18.7 Å². The maximum Gasteiger partial charge on any atom is 0.325 e. The number of nitrogens with two attached hydrogens (primary N) is 1. The van der Waals surface area contributed by atoms with E-state index in [2.05, 4.69) is 33.6 Å². The molecule has 1 heterocycles. The molecule has 0 spiro atoms. The minimum absolute atomic E-state index is 0.0484. The van der Waals surface area contributed by atoms with Gasteiger partial charge in [0.2, 0.25) is 17.7 Å². The first-order valence-corrected chi connectivity index (χ1v) is 12.7. The average Bonchev–Trinajstić information content (AvgIpc) is 3.22. The predicted molar refractivity (Wildman–Crippen MR) is 136 cm³/mol. The molecule has 0 saturated carbocycles. The molecule has 1 aromatic carbocycles. The number of carboxylic acid groups (broad SMARTS) is 1. The number of hydrogen-bond donors (Lipinski definition) is 7. The topological polar surface area (TPSA) is 166 Å². The van der Waals surface area contributed by atoms with Crippen molar-refractivity contribution in [2.45, 2.75) is 43.9 Å². The highest BCUT2D eigenvalue weighted by molar-refractivity contribution is 7.98. The second-order valence-corrected chi connectivity index (χ2v) is 9.18. The van der Waals surface area contributed by atoms with Gasteiger partial charge in [0, 0.05) is 22.9 Å². The highest BCUT2D eigenvalue weighted by Gasteiger charge is 2.28. The molecule has 12 heteroatoms. The maximum atomic E-state index is 12.9. The number of nitrogens with one attached hydrogen (secondary N) is 4. The van der Waals surface area contributed by atoms with Crippen LogP contribution in [0.25, 0.3) is 10.9 Å². The van der Waals surface area contributed by atoms with E-state index in [9.17, 15) is 19.2 Å². The summed E-state index contributed by atoms with van der Waals surface area (Å²) in [7, 11) is 0. The van der Waals surface area contributed by atoms with Gasteiger partial charge in [-0.05, 0) is 43.4 Å². The molecule has 2 rings (SSSR count). The van der Waals surface area contributed by atoms with Gasteiger partial charge in [0.05, 0.1) is 6.04 Å². The number of hydrogen-bond acceptors (Lipinski definition) is 7. The maximum absolute atomic E-state index is 12.9. The number of para-hydroxylation sites is 1. The van der Waals surface area contributed by atoms with Crippen molar-refractivity contribution in [1.82, 2.24) is 20.9 Å². The number of H-pyrrole nitrogens is 1. The van der Waals surface area contributed by atoms with Gasteiger partial charge in [-0.1, -0.05) is 18.2 Å². The van der Waals surface area contributed by atoms with Gasteiger partial charge in [-0.25, -0.2) is 0 Å². The molecule has 0 fully saturated rings. The summed E-state index contributed by atoms with van der Waals surface area (Å²) in [5.74, 6) is -2.40. The van der Waals surface area contributed by atoms with Crippen molar-refractivity contribution >= 4 is 59.0 Å². The van der Waals surface area contributed by atoms with Crippen LogP contribution in [0.3, 0.4) is 0 Å². The lowest BCUT2D eigenvalue weighted by Crippen LogP contribution is -2.57. The first-order valence-electron chi connectivity index (χ1n) is 10.7. The lowest BCUT2D eigenvalue weighted by molar-refractivity contribution is -0.141. The third-order valence-electron chi connectivity index (χ3n) is 5.24. The van der Waals surface area contributed by atoms with Crippen LogP contribution in [0, 0.1) is 0 Å². The van der Waals surface area contributed by atoms with Crippen LogP contribution in [-0.2, 0) is 25.6 Å². The highest BCUT2D eigenvalue weighted by Crippen LogP contribution is 2.18. The highest BCUT2D eigenvalue weighted by atomic mass is 32.2. The van der Waals surface area contributed by atoms with E-state index in [1.807, 2.05) is 36.7 Å². The van der Waals surface area contributed by atoms with Crippen LogP contribution in [0.4, 0.5) is 0 Å². The van der Waals surface area contributed by atoms with Gasteiger partial charge in [0.1, 0.15) is 18.1 Å². The Balaban J connectivity index is 2.03. The minimum Gasteiger partial charge on any atom is -0.480 e. The Morgan fingerprint density at radius 3 is 2.38 bits per heavy atom. The molecule has 4 unspecified atom stereocenters. The fourth-order valence-electron chi connectivity index (χ4n) is 3.26. The van der Waals surface area contributed by atoms with Crippen molar-refractivity contribution in [3.63, 3.8) is 0 Å². The monoisotopic (exact) mass is 509 g/mol. The summed E-state index contributed by atoms with van der Waals surface area (Å²) < 4.78 is 0. The lowest BCUT2D eigenvalue weighted by Gasteiger charge is -2.24. The van der Waals surface area contributed by atoms with Crippen LogP contribution in [0.2, 0.25) is 0 Å². The zero-order chi connectivity index (χ0) is 25.3. The number of amides is 3.